The number of halogens is 1. The van der Waals surface area contributed by atoms with Crippen LogP contribution in [0.2, 0.25) is 0 Å². The molecule has 5 nitrogen and oxygen atoms in total. The smallest absolute Gasteiger partial charge is 0.335 e. The van der Waals surface area contributed by atoms with E-state index in [-0.39, 0.29) is 18.0 Å². The van der Waals surface area contributed by atoms with Gasteiger partial charge in [-0.1, -0.05) is 13.8 Å². The Kier molecular flexibility index (Phi) is 4.42. The SMILES string of the molecule is CC(C)CNS(=O)(=O)c1ccc(C(=O)O)cc1F. The van der Waals surface area contributed by atoms with E-state index in [0.717, 1.165) is 12.1 Å². The number of benzene rings is 1. The van der Waals surface area contributed by atoms with Crippen LogP contribution < -0.4 is 4.72 Å². The van der Waals surface area contributed by atoms with Crippen molar-refractivity contribution in [2.45, 2.75) is 18.7 Å². The fourth-order valence-corrected chi connectivity index (χ4v) is 2.48. The molecule has 1 aromatic rings. The molecule has 18 heavy (non-hydrogen) atoms. The molecule has 100 valence electrons. The predicted molar refractivity (Wildman–Crippen MR) is 63.4 cm³/mol. The molecule has 0 amide bonds. The van der Waals surface area contributed by atoms with E-state index in [1.165, 1.54) is 0 Å². The van der Waals surface area contributed by atoms with Gasteiger partial charge in [-0.15, -0.1) is 0 Å². The second-order valence-corrected chi connectivity index (χ2v) is 5.93. The number of carboxylic acid groups (broad SMARTS) is 1. The van der Waals surface area contributed by atoms with Gasteiger partial charge in [0, 0.05) is 6.54 Å². The lowest BCUT2D eigenvalue weighted by molar-refractivity contribution is 0.0696. The summed E-state index contributed by atoms with van der Waals surface area (Å²) in [5.41, 5.74) is -0.296. The van der Waals surface area contributed by atoms with Gasteiger partial charge < -0.3 is 5.11 Å². The van der Waals surface area contributed by atoms with Crippen molar-refractivity contribution < 1.29 is 22.7 Å². The van der Waals surface area contributed by atoms with Crippen molar-refractivity contribution in [3.05, 3.63) is 29.6 Å². The Labute approximate surface area is 105 Å². The maximum absolute atomic E-state index is 13.5. The molecular weight excluding hydrogens is 261 g/mol. The van der Waals surface area contributed by atoms with Crippen molar-refractivity contribution in [1.82, 2.24) is 4.72 Å². The molecule has 0 fully saturated rings. The lowest BCUT2D eigenvalue weighted by atomic mass is 10.2. The van der Waals surface area contributed by atoms with E-state index in [0.29, 0.717) is 6.07 Å². The predicted octanol–water partition coefficient (Wildman–Crippen LogP) is 1.46. The second-order valence-electron chi connectivity index (χ2n) is 4.20. The van der Waals surface area contributed by atoms with E-state index in [9.17, 15) is 17.6 Å². The van der Waals surface area contributed by atoms with Crippen molar-refractivity contribution >= 4 is 16.0 Å². The number of hydrogen-bond acceptors (Lipinski definition) is 3. The maximum Gasteiger partial charge on any atom is 0.335 e. The highest BCUT2D eigenvalue weighted by molar-refractivity contribution is 7.89. The molecule has 0 aromatic heterocycles. The van der Waals surface area contributed by atoms with Gasteiger partial charge in [0.25, 0.3) is 0 Å². The first-order valence-corrected chi connectivity index (χ1v) is 6.75. The molecule has 1 rings (SSSR count). The summed E-state index contributed by atoms with van der Waals surface area (Å²) in [6.07, 6.45) is 0. The number of carboxylic acids is 1. The molecule has 0 aliphatic heterocycles. The van der Waals surface area contributed by atoms with Crippen LogP contribution in [-0.2, 0) is 10.0 Å². The molecule has 0 aliphatic rings. The number of hydrogen-bond donors (Lipinski definition) is 2. The van der Waals surface area contributed by atoms with Gasteiger partial charge >= 0.3 is 5.97 Å². The molecule has 0 atom stereocenters. The first-order valence-electron chi connectivity index (χ1n) is 5.26. The molecule has 0 spiro atoms. The zero-order valence-electron chi connectivity index (χ0n) is 9.97. The number of sulfonamides is 1. The zero-order chi connectivity index (χ0) is 13.9. The minimum Gasteiger partial charge on any atom is -0.478 e. The molecule has 0 saturated carbocycles. The first-order chi connectivity index (χ1) is 8.24. The molecule has 0 saturated heterocycles. The summed E-state index contributed by atoms with van der Waals surface area (Å²) in [5.74, 6) is -2.31. The monoisotopic (exact) mass is 275 g/mol. The van der Waals surface area contributed by atoms with Gasteiger partial charge in [-0.2, -0.15) is 0 Å². The standard InChI is InChI=1S/C11H14FNO4S/c1-7(2)6-13-18(16,17)10-4-3-8(11(14)15)5-9(10)12/h3-5,7,13H,6H2,1-2H3,(H,14,15). The quantitative estimate of drug-likeness (QED) is 0.852. The van der Waals surface area contributed by atoms with Crippen molar-refractivity contribution in [3.63, 3.8) is 0 Å². The topological polar surface area (TPSA) is 83.5 Å². The summed E-state index contributed by atoms with van der Waals surface area (Å²) >= 11 is 0. The maximum atomic E-state index is 13.5. The summed E-state index contributed by atoms with van der Waals surface area (Å²) in [4.78, 5) is 10.0. The molecule has 2 N–H and O–H groups in total. The average molecular weight is 275 g/mol. The van der Waals surface area contributed by atoms with Crippen LogP contribution in [0.3, 0.4) is 0 Å². The van der Waals surface area contributed by atoms with Crippen LogP contribution in [-0.4, -0.2) is 26.0 Å². The molecular formula is C11H14FNO4S. The third-order valence-corrected chi connectivity index (χ3v) is 3.61. The van der Waals surface area contributed by atoms with E-state index in [1.807, 2.05) is 13.8 Å². The second kappa shape index (κ2) is 5.45. The van der Waals surface area contributed by atoms with Crippen molar-refractivity contribution in [2.75, 3.05) is 6.54 Å². The van der Waals surface area contributed by atoms with Crippen molar-refractivity contribution in [3.8, 4) is 0 Å². The molecule has 7 heteroatoms. The Morgan fingerprint density at radius 3 is 2.50 bits per heavy atom. The van der Waals surface area contributed by atoms with Crippen LogP contribution in [0.1, 0.15) is 24.2 Å². The van der Waals surface area contributed by atoms with Crippen LogP contribution in [0.15, 0.2) is 23.1 Å². The van der Waals surface area contributed by atoms with Crippen LogP contribution in [0.5, 0.6) is 0 Å². The third kappa shape index (κ3) is 3.51. The van der Waals surface area contributed by atoms with Gasteiger partial charge in [0.2, 0.25) is 10.0 Å². The fraction of sp³-hybridized carbons (Fsp3) is 0.364. The first kappa shape index (κ1) is 14.6. The fourth-order valence-electron chi connectivity index (χ4n) is 1.21. The normalized spacial score (nSPS) is 11.8. The Morgan fingerprint density at radius 2 is 2.06 bits per heavy atom. The Bertz CT molecular complexity index is 554. The van der Waals surface area contributed by atoms with Gasteiger partial charge in [0.15, 0.2) is 0 Å². The summed E-state index contributed by atoms with van der Waals surface area (Å²) in [6, 6.07) is 2.68. The molecule has 0 aliphatic carbocycles. The molecule has 0 bridgehead atoms. The third-order valence-electron chi connectivity index (χ3n) is 2.15. The molecule has 0 radical (unpaired) electrons. The summed E-state index contributed by atoms with van der Waals surface area (Å²) in [6.45, 7) is 3.81. The highest BCUT2D eigenvalue weighted by Gasteiger charge is 2.20. The van der Waals surface area contributed by atoms with Gasteiger partial charge in [0.1, 0.15) is 10.7 Å². The average Bonchev–Trinajstić information content (AvgIpc) is 2.26. The van der Waals surface area contributed by atoms with Crippen molar-refractivity contribution in [1.29, 1.82) is 0 Å². The van der Waals surface area contributed by atoms with E-state index in [4.69, 9.17) is 5.11 Å². The van der Waals surface area contributed by atoms with E-state index in [2.05, 4.69) is 4.72 Å². The molecule has 0 heterocycles. The number of rotatable bonds is 5. The van der Waals surface area contributed by atoms with Crippen molar-refractivity contribution in [2.24, 2.45) is 5.92 Å². The molecule has 1 aromatic carbocycles. The summed E-state index contributed by atoms with van der Waals surface area (Å²) < 4.78 is 39.3. The minimum absolute atomic E-state index is 0.0844. The highest BCUT2D eigenvalue weighted by atomic mass is 32.2. The van der Waals surface area contributed by atoms with Gasteiger partial charge in [0.05, 0.1) is 5.56 Å². The van der Waals surface area contributed by atoms with Crippen LogP contribution >= 0.6 is 0 Å². The number of nitrogens with one attached hydrogen (secondary N) is 1. The number of carbonyl (C=O) groups is 1. The Morgan fingerprint density at radius 1 is 1.44 bits per heavy atom. The lowest BCUT2D eigenvalue weighted by Gasteiger charge is -2.09. The van der Waals surface area contributed by atoms with Crippen LogP contribution in [0, 0.1) is 11.7 Å². The van der Waals surface area contributed by atoms with Crippen LogP contribution in [0.4, 0.5) is 4.39 Å². The zero-order valence-corrected chi connectivity index (χ0v) is 10.8. The largest absolute Gasteiger partial charge is 0.478 e. The van der Waals surface area contributed by atoms with E-state index >= 15 is 0 Å². The summed E-state index contributed by atoms with van der Waals surface area (Å²) in [7, 11) is -3.95. The Balaban J connectivity index is 3.06. The van der Waals surface area contributed by atoms with Gasteiger partial charge in [-0.3, -0.25) is 0 Å². The van der Waals surface area contributed by atoms with E-state index in [1.54, 1.807) is 0 Å². The van der Waals surface area contributed by atoms with E-state index < -0.39 is 26.7 Å². The Hall–Kier alpha value is -1.47. The van der Waals surface area contributed by atoms with Crippen LogP contribution in [0.25, 0.3) is 0 Å². The van der Waals surface area contributed by atoms with Gasteiger partial charge in [-0.25, -0.2) is 22.3 Å². The number of aromatic carboxylic acids is 1. The highest BCUT2D eigenvalue weighted by Crippen LogP contribution is 2.16. The van der Waals surface area contributed by atoms with Gasteiger partial charge in [-0.05, 0) is 24.1 Å². The minimum atomic E-state index is -3.95. The lowest BCUT2D eigenvalue weighted by Crippen LogP contribution is -2.28. The molecule has 0 unspecified atom stereocenters. The summed E-state index contributed by atoms with van der Waals surface area (Å²) in [5, 5.41) is 8.65.